The summed E-state index contributed by atoms with van der Waals surface area (Å²) in [6.07, 6.45) is 0.440. The van der Waals surface area contributed by atoms with Crippen molar-refractivity contribution in [2.75, 3.05) is 43.6 Å². The van der Waals surface area contributed by atoms with Crippen LogP contribution < -0.4 is 15.5 Å². The Labute approximate surface area is 199 Å². The van der Waals surface area contributed by atoms with Crippen molar-refractivity contribution >= 4 is 52.0 Å². The zero-order valence-electron chi connectivity index (χ0n) is 17.8. The fraction of sp³-hybridized carbons (Fsp3) is 0.364. The molecule has 3 heterocycles. The summed E-state index contributed by atoms with van der Waals surface area (Å²) < 4.78 is 5.68. The minimum atomic E-state index is -0.464. The van der Waals surface area contributed by atoms with E-state index in [4.69, 9.17) is 16.3 Å². The normalized spacial score (nSPS) is 21.0. The number of carbonyl (C=O) groups excluding carboxylic acids is 3. The van der Waals surface area contributed by atoms with Gasteiger partial charge in [-0.05, 0) is 43.8 Å². The van der Waals surface area contributed by atoms with Crippen LogP contribution in [0.2, 0.25) is 4.34 Å². The molecule has 2 saturated heterocycles. The number of hydrogen-bond acceptors (Lipinski definition) is 7. The first-order chi connectivity index (χ1) is 15.9. The highest BCUT2D eigenvalue weighted by Gasteiger charge is 2.35. The van der Waals surface area contributed by atoms with Gasteiger partial charge in [0.2, 0.25) is 5.91 Å². The number of likely N-dealkylation sites (tertiary alicyclic amines) is 1. The Bertz CT molecular complexity index is 1130. The van der Waals surface area contributed by atoms with Crippen molar-refractivity contribution in [2.24, 2.45) is 0 Å². The van der Waals surface area contributed by atoms with Gasteiger partial charge >= 0.3 is 0 Å². The summed E-state index contributed by atoms with van der Waals surface area (Å²) in [6, 6.07) is 9.69. The van der Waals surface area contributed by atoms with Crippen LogP contribution in [0.3, 0.4) is 0 Å². The standard InChI is InChI=1S/C22H22ClN5O4S/c1-27-11-14(25-22(31)18-4-5-19(23)33-18)9-17(27)21(30)26-16-3-2-15(8-13(16)10-24)28-6-7-32-12-20(28)29/h2-5,8,14,17H,6-7,9,11-12H2,1H3,(H,25,31)(H,26,30)/t14-,17-/m0/s1. The molecule has 33 heavy (non-hydrogen) atoms. The number of nitrogens with one attached hydrogen (secondary N) is 2. The summed E-state index contributed by atoms with van der Waals surface area (Å²) in [7, 11) is 1.82. The molecule has 2 atom stereocenters. The number of nitriles is 1. The molecule has 1 aromatic carbocycles. The number of morpholine rings is 1. The van der Waals surface area contributed by atoms with E-state index in [1.807, 2.05) is 11.9 Å². The van der Waals surface area contributed by atoms with E-state index < -0.39 is 6.04 Å². The highest BCUT2D eigenvalue weighted by molar-refractivity contribution is 7.18. The molecule has 0 aliphatic carbocycles. The van der Waals surface area contributed by atoms with E-state index in [0.29, 0.717) is 46.7 Å². The van der Waals surface area contributed by atoms with Gasteiger partial charge in [-0.25, -0.2) is 0 Å². The summed E-state index contributed by atoms with van der Waals surface area (Å²) in [4.78, 5) is 41.4. The molecule has 9 nitrogen and oxygen atoms in total. The van der Waals surface area contributed by atoms with Crippen LogP contribution in [0.1, 0.15) is 21.7 Å². The molecule has 172 valence electrons. The molecule has 2 N–H and O–H groups in total. The van der Waals surface area contributed by atoms with Crippen molar-refractivity contribution in [3.05, 3.63) is 45.1 Å². The molecule has 2 fully saturated rings. The number of anilines is 2. The molecular weight excluding hydrogens is 466 g/mol. The van der Waals surface area contributed by atoms with Gasteiger partial charge in [0.05, 0.1) is 33.1 Å². The van der Waals surface area contributed by atoms with Crippen molar-refractivity contribution in [1.82, 2.24) is 10.2 Å². The van der Waals surface area contributed by atoms with Crippen molar-refractivity contribution in [3.63, 3.8) is 0 Å². The van der Waals surface area contributed by atoms with Crippen LogP contribution >= 0.6 is 22.9 Å². The molecule has 2 aromatic rings. The third-order valence-electron chi connectivity index (χ3n) is 5.66. The molecule has 2 aliphatic heterocycles. The molecule has 1 aromatic heterocycles. The summed E-state index contributed by atoms with van der Waals surface area (Å²) in [5.74, 6) is -0.654. The zero-order valence-corrected chi connectivity index (χ0v) is 19.4. The maximum atomic E-state index is 13.0. The summed E-state index contributed by atoms with van der Waals surface area (Å²) >= 11 is 7.10. The predicted octanol–water partition coefficient (Wildman–Crippen LogP) is 2.08. The van der Waals surface area contributed by atoms with E-state index >= 15 is 0 Å². The van der Waals surface area contributed by atoms with E-state index in [1.54, 1.807) is 35.2 Å². The van der Waals surface area contributed by atoms with Crippen molar-refractivity contribution in [1.29, 1.82) is 5.26 Å². The first-order valence-corrected chi connectivity index (χ1v) is 11.5. The van der Waals surface area contributed by atoms with Crippen LogP contribution in [0.4, 0.5) is 11.4 Å². The number of benzene rings is 1. The number of nitrogens with zero attached hydrogens (tertiary/aromatic N) is 3. The molecule has 4 rings (SSSR count). The minimum Gasteiger partial charge on any atom is -0.370 e. The quantitative estimate of drug-likeness (QED) is 0.667. The molecule has 0 unspecified atom stereocenters. The summed E-state index contributed by atoms with van der Waals surface area (Å²) in [5.41, 5.74) is 1.23. The number of carbonyl (C=O) groups is 3. The second-order valence-corrected chi connectivity index (χ2v) is 9.61. The maximum absolute atomic E-state index is 13.0. The molecule has 11 heteroatoms. The first kappa shape index (κ1) is 23.2. The van der Waals surface area contributed by atoms with E-state index in [-0.39, 0.29) is 35.9 Å². The van der Waals surface area contributed by atoms with Crippen LogP contribution in [0.15, 0.2) is 30.3 Å². The second kappa shape index (κ2) is 9.89. The third kappa shape index (κ3) is 5.17. The Morgan fingerprint density at radius 3 is 2.82 bits per heavy atom. The van der Waals surface area contributed by atoms with Crippen LogP contribution in [0.5, 0.6) is 0 Å². The Morgan fingerprint density at radius 2 is 2.12 bits per heavy atom. The molecular formula is C22H22ClN5O4S. The number of ether oxygens (including phenoxy) is 1. The lowest BCUT2D eigenvalue weighted by Crippen LogP contribution is -2.41. The lowest BCUT2D eigenvalue weighted by atomic mass is 10.1. The first-order valence-electron chi connectivity index (χ1n) is 10.4. The fourth-order valence-corrected chi connectivity index (χ4v) is 4.96. The number of amides is 3. The van der Waals surface area contributed by atoms with Crippen LogP contribution in [0, 0.1) is 11.3 Å². The smallest absolute Gasteiger partial charge is 0.261 e. The van der Waals surface area contributed by atoms with E-state index in [2.05, 4.69) is 16.7 Å². The minimum absolute atomic E-state index is 0.00557. The predicted molar refractivity (Wildman–Crippen MR) is 125 cm³/mol. The topological polar surface area (TPSA) is 115 Å². The fourth-order valence-electron chi connectivity index (χ4n) is 4.01. The van der Waals surface area contributed by atoms with E-state index in [1.165, 1.54) is 11.3 Å². The Hall–Kier alpha value is -2.97. The van der Waals surface area contributed by atoms with Gasteiger partial charge in [0, 0.05) is 24.8 Å². The molecule has 3 amide bonds. The number of rotatable bonds is 5. The van der Waals surface area contributed by atoms with Crippen LogP contribution in [0.25, 0.3) is 0 Å². The SMILES string of the molecule is CN1C[C@@H](NC(=O)c2ccc(Cl)s2)C[C@H]1C(=O)Nc1ccc(N2CCOCC2=O)cc1C#N. The average molecular weight is 488 g/mol. The zero-order chi connectivity index (χ0) is 23.5. The van der Waals surface area contributed by atoms with Crippen molar-refractivity contribution < 1.29 is 19.1 Å². The van der Waals surface area contributed by atoms with Gasteiger partial charge in [0.15, 0.2) is 0 Å². The largest absolute Gasteiger partial charge is 0.370 e. The lowest BCUT2D eigenvalue weighted by Gasteiger charge is -2.27. The van der Waals surface area contributed by atoms with Gasteiger partial charge in [0.1, 0.15) is 12.7 Å². The van der Waals surface area contributed by atoms with E-state index in [9.17, 15) is 19.6 Å². The van der Waals surface area contributed by atoms with Gasteiger partial charge in [-0.3, -0.25) is 19.3 Å². The Morgan fingerprint density at radius 1 is 1.30 bits per heavy atom. The van der Waals surface area contributed by atoms with Gasteiger partial charge in [-0.1, -0.05) is 11.6 Å². The molecule has 0 radical (unpaired) electrons. The monoisotopic (exact) mass is 487 g/mol. The van der Waals surface area contributed by atoms with Crippen LogP contribution in [-0.2, 0) is 14.3 Å². The molecule has 0 saturated carbocycles. The Kier molecular flexibility index (Phi) is 6.95. The second-order valence-electron chi connectivity index (χ2n) is 7.89. The summed E-state index contributed by atoms with van der Waals surface area (Å²) in [6.45, 7) is 1.36. The summed E-state index contributed by atoms with van der Waals surface area (Å²) in [5, 5.41) is 15.4. The van der Waals surface area contributed by atoms with Crippen molar-refractivity contribution in [2.45, 2.75) is 18.5 Å². The highest BCUT2D eigenvalue weighted by atomic mass is 35.5. The van der Waals surface area contributed by atoms with Gasteiger partial charge in [-0.2, -0.15) is 5.26 Å². The molecule has 2 aliphatic rings. The van der Waals surface area contributed by atoms with Gasteiger partial charge < -0.3 is 20.3 Å². The Balaban J connectivity index is 1.40. The van der Waals surface area contributed by atoms with Gasteiger partial charge in [0.25, 0.3) is 11.8 Å². The van der Waals surface area contributed by atoms with Crippen LogP contribution in [-0.4, -0.2) is 68.1 Å². The molecule has 0 spiro atoms. The number of halogens is 1. The molecule has 0 bridgehead atoms. The third-order valence-corrected chi connectivity index (χ3v) is 6.89. The lowest BCUT2D eigenvalue weighted by molar-refractivity contribution is -0.125. The number of likely N-dealkylation sites (N-methyl/N-ethyl adjacent to an activating group) is 1. The number of hydrogen-bond donors (Lipinski definition) is 2. The van der Waals surface area contributed by atoms with Gasteiger partial charge in [-0.15, -0.1) is 11.3 Å². The number of thiophene rings is 1. The van der Waals surface area contributed by atoms with Crippen molar-refractivity contribution in [3.8, 4) is 6.07 Å². The average Bonchev–Trinajstić information content (AvgIpc) is 3.39. The van der Waals surface area contributed by atoms with E-state index in [0.717, 1.165) is 0 Å². The highest BCUT2D eigenvalue weighted by Crippen LogP contribution is 2.26. The maximum Gasteiger partial charge on any atom is 0.261 e.